The molecule has 0 saturated heterocycles. The van der Waals surface area contributed by atoms with Gasteiger partial charge in [-0.05, 0) is 72.9 Å². The minimum atomic E-state index is -0.562. The molecule has 0 aliphatic heterocycles. The SMILES string of the molecule is COc1cc2c(c(OC)c1OC)-c1ccc(N[C@@H](CC(C)C)C(=O)NC3CCCCCCC3)c(=O)cc1[C@@H](NC(C)=O)CC2. The predicted octanol–water partition coefficient (Wildman–Crippen LogP) is 5.92. The smallest absolute Gasteiger partial charge is 0.242 e. The van der Waals surface area contributed by atoms with Crippen LogP contribution in [0, 0.1) is 5.92 Å². The van der Waals surface area contributed by atoms with Gasteiger partial charge in [0.25, 0.3) is 0 Å². The fourth-order valence-corrected chi connectivity index (χ4v) is 6.62. The van der Waals surface area contributed by atoms with Crippen LogP contribution in [0.3, 0.4) is 0 Å². The highest BCUT2D eigenvalue weighted by Crippen LogP contribution is 2.50. The number of carbonyl (C=O) groups excluding carboxylic acids is 2. The summed E-state index contributed by atoms with van der Waals surface area (Å²) in [7, 11) is 4.72. The summed E-state index contributed by atoms with van der Waals surface area (Å²) in [4.78, 5) is 39.8. The van der Waals surface area contributed by atoms with Gasteiger partial charge in [0.05, 0.1) is 33.1 Å². The summed E-state index contributed by atoms with van der Waals surface area (Å²) in [5, 5.41) is 9.65. The lowest BCUT2D eigenvalue weighted by Crippen LogP contribution is -2.45. The maximum Gasteiger partial charge on any atom is 0.242 e. The molecular formula is C35H49N3O6. The Labute approximate surface area is 261 Å². The summed E-state index contributed by atoms with van der Waals surface area (Å²) in [5.74, 6) is 1.47. The van der Waals surface area contributed by atoms with E-state index in [9.17, 15) is 14.4 Å². The minimum absolute atomic E-state index is 0.0725. The molecule has 2 aliphatic rings. The minimum Gasteiger partial charge on any atom is -0.493 e. The topological polar surface area (TPSA) is 115 Å². The van der Waals surface area contributed by atoms with Gasteiger partial charge in [-0.25, -0.2) is 0 Å². The molecule has 9 nitrogen and oxygen atoms in total. The average Bonchev–Trinajstić information content (AvgIpc) is 3.21. The lowest BCUT2D eigenvalue weighted by atomic mass is 9.95. The lowest BCUT2D eigenvalue weighted by Gasteiger charge is -2.26. The Balaban J connectivity index is 1.79. The molecule has 0 unspecified atom stereocenters. The highest BCUT2D eigenvalue weighted by molar-refractivity contribution is 5.86. The van der Waals surface area contributed by atoms with Crippen LogP contribution < -0.4 is 35.6 Å². The van der Waals surface area contributed by atoms with Gasteiger partial charge in [0.1, 0.15) is 6.04 Å². The Kier molecular flexibility index (Phi) is 11.5. The van der Waals surface area contributed by atoms with Crippen molar-refractivity contribution in [2.75, 3.05) is 26.6 Å². The first-order chi connectivity index (χ1) is 21.2. The van der Waals surface area contributed by atoms with Crippen molar-refractivity contribution in [2.45, 2.75) is 103 Å². The van der Waals surface area contributed by atoms with Crippen molar-refractivity contribution in [2.24, 2.45) is 5.92 Å². The molecule has 4 rings (SSSR count). The van der Waals surface area contributed by atoms with E-state index >= 15 is 0 Å². The van der Waals surface area contributed by atoms with Crippen LogP contribution in [0.2, 0.25) is 0 Å². The Morgan fingerprint density at radius 3 is 2.18 bits per heavy atom. The third-order valence-electron chi connectivity index (χ3n) is 8.72. The van der Waals surface area contributed by atoms with Gasteiger partial charge in [0, 0.05) is 18.5 Å². The summed E-state index contributed by atoms with van der Waals surface area (Å²) >= 11 is 0. The number of hydrogen-bond acceptors (Lipinski definition) is 7. The van der Waals surface area contributed by atoms with Crippen molar-refractivity contribution >= 4 is 17.5 Å². The molecule has 2 aliphatic carbocycles. The molecule has 240 valence electrons. The van der Waals surface area contributed by atoms with E-state index in [1.54, 1.807) is 33.5 Å². The lowest BCUT2D eigenvalue weighted by molar-refractivity contribution is -0.123. The number of aryl methyl sites for hydroxylation is 1. The quantitative estimate of drug-likeness (QED) is 0.307. The number of carbonyl (C=O) groups is 2. The molecule has 0 bridgehead atoms. The van der Waals surface area contributed by atoms with Crippen LogP contribution in [0.15, 0.2) is 29.1 Å². The van der Waals surface area contributed by atoms with Crippen molar-refractivity contribution in [3.63, 3.8) is 0 Å². The third kappa shape index (κ3) is 7.85. The van der Waals surface area contributed by atoms with Gasteiger partial charge in [-0.3, -0.25) is 14.4 Å². The second-order valence-corrected chi connectivity index (χ2v) is 12.5. The standard InChI is InChI=1S/C35H49N3O6/c1-21(2)18-29(35(41)37-24-12-10-8-7-9-11-13-24)38-28-17-15-25-26(20-30(28)40)27(36-22(3)39)16-14-23-19-31(42-4)33(43-5)34(44-6)32(23)25/h15,17,19-21,24,27,29H,7-14,16,18H2,1-6H3,(H,36,39)(H,37,41)(H,38,40)/t27-,29-/m0/s1. The van der Waals surface area contributed by atoms with Gasteiger partial charge in [-0.15, -0.1) is 0 Å². The van der Waals surface area contributed by atoms with Gasteiger partial charge in [0.15, 0.2) is 11.5 Å². The van der Waals surface area contributed by atoms with Crippen LogP contribution in [0.25, 0.3) is 11.1 Å². The number of hydrogen-bond donors (Lipinski definition) is 3. The molecule has 2 amide bonds. The number of anilines is 1. The fraction of sp³-hybridized carbons (Fsp3) is 0.571. The molecule has 2 atom stereocenters. The molecule has 1 fully saturated rings. The summed E-state index contributed by atoms with van der Waals surface area (Å²) in [5.41, 5.74) is 3.25. The molecular weight excluding hydrogens is 558 g/mol. The largest absolute Gasteiger partial charge is 0.493 e. The summed E-state index contributed by atoms with van der Waals surface area (Å²) in [6, 6.07) is 6.33. The zero-order valence-corrected chi connectivity index (χ0v) is 27.1. The van der Waals surface area contributed by atoms with Crippen LogP contribution in [0.1, 0.15) is 95.7 Å². The Morgan fingerprint density at radius 1 is 0.886 bits per heavy atom. The normalized spacial score (nSPS) is 17.6. The second-order valence-electron chi connectivity index (χ2n) is 12.5. The predicted molar refractivity (Wildman–Crippen MR) is 174 cm³/mol. The highest BCUT2D eigenvalue weighted by Gasteiger charge is 2.30. The first-order valence-corrected chi connectivity index (χ1v) is 16.0. The summed E-state index contributed by atoms with van der Waals surface area (Å²) < 4.78 is 17.2. The maximum atomic E-state index is 13.9. The van der Waals surface area contributed by atoms with E-state index in [0.29, 0.717) is 47.8 Å². The van der Waals surface area contributed by atoms with Gasteiger partial charge in [0.2, 0.25) is 23.0 Å². The molecule has 3 N–H and O–H groups in total. The first kappa shape index (κ1) is 33.1. The van der Waals surface area contributed by atoms with Crippen LogP contribution >= 0.6 is 0 Å². The summed E-state index contributed by atoms with van der Waals surface area (Å²) in [6.45, 7) is 5.63. The van der Waals surface area contributed by atoms with Crippen molar-refractivity contribution in [1.82, 2.24) is 10.6 Å². The van der Waals surface area contributed by atoms with E-state index in [4.69, 9.17) is 14.2 Å². The number of nitrogens with one attached hydrogen (secondary N) is 3. The molecule has 44 heavy (non-hydrogen) atoms. The number of amides is 2. The second kappa shape index (κ2) is 15.3. The molecule has 0 aromatic heterocycles. The van der Waals surface area contributed by atoms with E-state index in [2.05, 4.69) is 29.8 Å². The van der Waals surface area contributed by atoms with Gasteiger partial charge in [-0.2, -0.15) is 0 Å². The van der Waals surface area contributed by atoms with E-state index in [1.807, 2.05) is 12.1 Å². The van der Waals surface area contributed by atoms with Crippen LogP contribution in [0.4, 0.5) is 5.69 Å². The van der Waals surface area contributed by atoms with Crippen molar-refractivity contribution in [1.29, 1.82) is 0 Å². The summed E-state index contributed by atoms with van der Waals surface area (Å²) in [6.07, 6.45) is 9.66. The van der Waals surface area contributed by atoms with E-state index in [-0.39, 0.29) is 29.2 Å². The molecule has 9 heteroatoms. The first-order valence-electron chi connectivity index (χ1n) is 16.0. The molecule has 0 heterocycles. The van der Waals surface area contributed by atoms with Gasteiger partial charge in [-0.1, -0.05) is 52.0 Å². The van der Waals surface area contributed by atoms with Crippen molar-refractivity contribution in [3.8, 4) is 28.4 Å². The van der Waals surface area contributed by atoms with E-state index < -0.39 is 12.1 Å². The van der Waals surface area contributed by atoms with Crippen LogP contribution in [-0.2, 0) is 16.0 Å². The number of ether oxygens (including phenoxy) is 3. The Hall–Kier alpha value is -3.75. The maximum absolute atomic E-state index is 13.9. The number of methoxy groups -OCH3 is 3. The molecule has 0 spiro atoms. The van der Waals surface area contributed by atoms with Crippen molar-refractivity contribution in [3.05, 3.63) is 45.6 Å². The Morgan fingerprint density at radius 2 is 1.57 bits per heavy atom. The highest BCUT2D eigenvalue weighted by atomic mass is 16.5. The van der Waals surface area contributed by atoms with Crippen LogP contribution in [0.5, 0.6) is 17.2 Å². The van der Waals surface area contributed by atoms with Crippen LogP contribution in [-0.4, -0.2) is 45.2 Å². The molecule has 2 aromatic carbocycles. The molecule has 1 saturated carbocycles. The number of benzene rings is 1. The van der Waals surface area contributed by atoms with Gasteiger partial charge >= 0.3 is 0 Å². The van der Waals surface area contributed by atoms with E-state index in [0.717, 1.165) is 42.4 Å². The average molecular weight is 608 g/mol. The zero-order valence-electron chi connectivity index (χ0n) is 27.1. The zero-order chi connectivity index (χ0) is 31.8. The fourth-order valence-electron chi connectivity index (χ4n) is 6.62. The monoisotopic (exact) mass is 607 g/mol. The molecule has 0 radical (unpaired) electrons. The number of fused-ring (bicyclic) bond motifs is 3. The van der Waals surface area contributed by atoms with Crippen molar-refractivity contribution < 1.29 is 23.8 Å². The molecule has 2 aromatic rings. The number of rotatable bonds is 10. The Bertz CT molecular complexity index is 1380. The van der Waals surface area contributed by atoms with Gasteiger partial charge < -0.3 is 30.2 Å². The van der Waals surface area contributed by atoms with E-state index in [1.165, 1.54) is 26.2 Å². The third-order valence-corrected chi connectivity index (χ3v) is 8.72.